The second-order valence-electron chi connectivity index (χ2n) is 5.04. The molecule has 0 aromatic heterocycles. The van der Waals surface area contributed by atoms with Crippen LogP contribution in [0.3, 0.4) is 0 Å². The van der Waals surface area contributed by atoms with Crippen LogP contribution in [0.2, 0.25) is 0 Å². The number of rotatable bonds is 2. The van der Waals surface area contributed by atoms with E-state index in [-0.39, 0.29) is 37.0 Å². The molecule has 6 nitrogen and oxygen atoms in total. The molecule has 0 aliphatic carbocycles. The molecule has 0 saturated carbocycles. The number of piperidine rings is 1. The average Bonchev–Trinajstić information content (AvgIpc) is 2.74. The Morgan fingerprint density at radius 2 is 2.10 bits per heavy atom. The molecule has 0 bridgehead atoms. The predicted molar refractivity (Wildman–Crippen MR) is 69.0 cm³/mol. The van der Waals surface area contributed by atoms with Crippen LogP contribution in [0.15, 0.2) is 12.1 Å². The summed E-state index contributed by atoms with van der Waals surface area (Å²) >= 11 is 0. The molecule has 0 spiro atoms. The van der Waals surface area contributed by atoms with E-state index in [4.69, 9.17) is 4.74 Å². The van der Waals surface area contributed by atoms with E-state index in [2.05, 4.69) is 5.32 Å². The molecule has 3 rings (SSSR count). The van der Waals surface area contributed by atoms with E-state index in [1.165, 1.54) is 24.1 Å². The Labute approximate surface area is 119 Å². The number of methoxy groups -OCH3 is 1. The van der Waals surface area contributed by atoms with Gasteiger partial charge in [-0.3, -0.25) is 19.7 Å². The van der Waals surface area contributed by atoms with Crippen molar-refractivity contribution in [3.05, 3.63) is 29.1 Å². The summed E-state index contributed by atoms with van der Waals surface area (Å²) in [5.41, 5.74) is 0.848. The quantitative estimate of drug-likeness (QED) is 0.810. The third-order valence-electron chi connectivity index (χ3n) is 3.80. The highest BCUT2D eigenvalue weighted by atomic mass is 19.1. The van der Waals surface area contributed by atoms with Gasteiger partial charge in [0.2, 0.25) is 11.8 Å². The number of halogens is 1. The minimum absolute atomic E-state index is 0.00720. The maximum Gasteiger partial charge on any atom is 0.255 e. The summed E-state index contributed by atoms with van der Waals surface area (Å²) in [6.45, 7) is 0.154. The van der Waals surface area contributed by atoms with Gasteiger partial charge in [-0.1, -0.05) is 0 Å². The maximum atomic E-state index is 13.7. The van der Waals surface area contributed by atoms with E-state index >= 15 is 0 Å². The van der Waals surface area contributed by atoms with Gasteiger partial charge in [-0.2, -0.15) is 0 Å². The number of benzene rings is 1. The smallest absolute Gasteiger partial charge is 0.255 e. The topological polar surface area (TPSA) is 75.7 Å². The van der Waals surface area contributed by atoms with Crippen molar-refractivity contribution in [3.63, 3.8) is 0 Å². The van der Waals surface area contributed by atoms with Gasteiger partial charge < -0.3 is 9.64 Å². The fourth-order valence-electron chi connectivity index (χ4n) is 2.72. The van der Waals surface area contributed by atoms with E-state index in [9.17, 15) is 18.8 Å². The maximum absolute atomic E-state index is 13.7. The normalized spacial score (nSPS) is 21.3. The number of nitrogens with one attached hydrogen (secondary N) is 1. The van der Waals surface area contributed by atoms with Gasteiger partial charge in [0.25, 0.3) is 5.91 Å². The molecule has 1 N–H and O–H groups in total. The van der Waals surface area contributed by atoms with Gasteiger partial charge in [0.05, 0.1) is 7.11 Å². The number of nitrogens with zero attached hydrogens (tertiary/aromatic N) is 1. The molecule has 2 aliphatic heterocycles. The van der Waals surface area contributed by atoms with E-state index < -0.39 is 17.8 Å². The summed E-state index contributed by atoms with van der Waals surface area (Å²) in [5, 5.41) is 2.22. The first kappa shape index (κ1) is 13.5. The first-order chi connectivity index (χ1) is 10.0. The minimum Gasteiger partial charge on any atom is -0.494 e. The van der Waals surface area contributed by atoms with E-state index in [0.717, 1.165) is 0 Å². The first-order valence-electron chi connectivity index (χ1n) is 6.52. The van der Waals surface area contributed by atoms with Crippen LogP contribution in [0.1, 0.15) is 28.8 Å². The molecule has 1 aromatic rings. The van der Waals surface area contributed by atoms with E-state index in [1.807, 2.05) is 0 Å². The Hall–Kier alpha value is -2.44. The van der Waals surface area contributed by atoms with Gasteiger partial charge in [0, 0.05) is 18.5 Å². The van der Waals surface area contributed by atoms with Crippen molar-refractivity contribution in [2.45, 2.75) is 25.4 Å². The van der Waals surface area contributed by atoms with Gasteiger partial charge >= 0.3 is 0 Å². The third-order valence-corrected chi connectivity index (χ3v) is 3.80. The third kappa shape index (κ3) is 2.14. The van der Waals surface area contributed by atoms with Crippen molar-refractivity contribution in [2.24, 2.45) is 0 Å². The van der Waals surface area contributed by atoms with Crippen LogP contribution >= 0.6 is 0 Å². The molecule has 0 radical (unpaired) electrons. The largest absolute Gasteiger partial charge is 0.494 e. The molecule has 7 heteroatoms. The Bertz CT molecular complexity index is 659. The average molecular weight is 292 g/mol. The highest BCUT2D eigenvalue weighted by Crippen LogP contribution is 2.31. The Morgan fingerprint density at radius 1 is 1.33 bits per heavy atom. The highest BCUT2D eigenvalue weighted by molar-refractivity contribution is 6.05. The number of fused-ring (bicyclic) bond motifs is 1. The summed E-state index contributed by atoms with van der Waals surface area (Å²) in [5.74, 6) is -1.73. The number of ether oxygens (including phenoxy) is 1. The lowest BCUT2D eigenvalue weighted by Gasteiger charge is -2.29. The number of imide groups is 1. The van der Waals surface area contributed by atoms with Crippen molar-refractivity contribution in [3.8, 4) is 5.75 Å². The van der Waals surface area contributed by atoms with Gasteiger partial charge in [-0.05, 0) is 24.1 Å². The lowest BCUT2D eigenvalue weighted by Crippen LogP contribution is -2.52. The minimum atomic E-state index is -0.698. The summed E-state index contributed by atoms with van der Waals surface area (Å²) in [6, 6.07) is 1.90. The number of carbonyl (C=O) groups is 3. The van der Waals surface area contributed by atoms with Gasteiger partial charge in [0.1, 0.15) is 6.04 Å². The van der Waals surface area contributed by atoms with Crippen LogP contribution < -0.4 is 10.1 Å². The van der Waals surface area contributed by atoms with Crippen LogP contribution in [0.4, 0.5) is 4.39 Å². The van der Waals surface area contributed by atoms with Crippen LogP contribution in [-0.4, -0.2) is 35.8 Å². The van der Waals surface area contributed by atoms with E-state index in [1.54, 1.807) is 0 Å². The molecule has 3 amide bonds. The van der Waals surface area contributed by atoms with Crippen LogP contribution in [0.5, 0.6) is 5.75 Å². The van der Waals surface area contributed by atoms with Gasteiger partial charge in [-0.25, -0.2) is 4.39 Å². The monoisotopic (exact) mass is 292 g/mol. The van der Waals surface area contributed by atoms with Gasteiger partial charge in [0.15, 0.2) is 11.6 Å². The van der Waals surface area contributed by atoms with Crippen molar-refractivity contribution in [1.29, 1.82) is 0 Å². The summed E-state index contributed by atoms with van der Waals surface area (Å²) in [7, 11) is 1.32. The molecule has 1 unspecified atom stereocenters. The zero-order valence-corrected chi connectivity index (χ0v) is 11.3. The number of carbonyl (C=O) groups excluding carboxylic acids is 3. The second kappa shape index (κ2) is 4.83. The van der Waals surface area contributed by atoms with Crippen LogP contribution in [-0.2, 0) is 16.1 Å². The summed E-state index contributed by atoms with van der Waals surface area (Å²) < 4.78 is 18.6. The Morgan fingerprint density at radius 3 is 2.76 bits per heavy atom. The lowest BCUT2D eigenvalue weighted by atomic mass is 10.0. The zero-order chi connectivity index (χ0) is 15.1. The molecule has 110 valence electrons. The Balaban J connectivity index is 1.90. The first-order valence-corrected chi connectivity index (χ1v) is 6.52. The van der Waals surface area contributed by atoms with Gasteiger partial charge in [-0.15, -0.1) is 0 Å². The molecule has 21 heavy (non-hydrogen) atoms. The number of hydrogen-bond donors (Lipinski definition) is 1. The molecule has 1 aromatic carbocycles. The second-order valence-corrected chi connectivity index (χ2v) is 5.04. The Kier molecular flexibility index (Phi) is 3.12. The zero-order valence-electron chi connectivity index (χ0n) is 11.3. The summed E-state index contributed by atoms with van der Waals surface area (Å²) in [6.07, 6.45) is 0.470. The summed E-state index contributed by atoms with van der Waals surface area (Å²) in [4.78, 5) is 36.8. The van der Waals surface area contributed by atoms with Crippen molar-refractivity contribution in [2.75, 3.05) is 7.11 Å². The molecule has 1 atom stereocenters. The number of amides is 3. The SMILES string of the molecule is COc1cc2c(cc1F)CN(C1CCC(=O)NC1=O)C2=O. The molecular formula is C14H13FN2O4. The predicted octanol–water partition coefficient (Wildman–Crippen LogP) is 0.595. The molecule has 1 fully saturated rings. The van der Waals surface area contributed by atoms with Crippen LogP contribution in [0.25, 0.3) is 0 Å². The molecule has 2 aliphatic rings. The standard InChI is InChI=1S/C14H13FN2O4/c1-21-11-5-8-7(4-9(11)15)6-17(14(8)20)10-2-3-12(18)16-13(10)19/h4-5,10H,2-3,6H2,1H3,(H,16,18,19). The molecule has 2 heterocycles. The number of hydrogen-bond acceptors (Lipinski definition) is 4. The van der Waals surface area contributed by atoms with Crippen LogP contribution in [0, 0.1) is 5.82 Å². The molecular weight excluding hydrogens is 279 g/mol. The highest BCUT2D eigenvalue weighted by Gasteiger charge is 2.39. The van der Waals surface area contributed by atoms with Crippen molar-refractivity contribution < 1.29 is 23.5 Å². The fourth-order valence-corrected chi connectivity index (χ4v) is 2.72. The molecule has 1 saturated heterocycles. The fraction of sp³-hybridized carbons (Fsp3) is 0.357. The van der Waals surface area contributed by atoms with Crippen molar-refractivity contribution in [1.82, 2.24) is 10.2 Å². The van der Waals surface area contributed by atoms with E-state index in [0.29, 0.717) is 11.1 Å². The van der Waals surface area contributed by atoms with Crippen molar-refractivity contribution >= 4 is 17.7 Å². The lowest BCUT2D eigenvalue weighted by molar-refractivity contribution is -0.136.